The van der Waals surface area contributed by atoms with E-state index in [1.54, 1.807) is 23.1 Å². The van der Waals surface area contributed by atoms with Crippen LogP contribution in [0.2, 0.25) is 0 Å². The summed E-state index contributed by atoms with van der Waals surface area (Å²) < 4.78 is 16.3. The van der Waals surface area contributed by atoms with Crippen molar-refractivity contribution in [1.29, 1.82) is 0 Å². The van der Waals surface area contributed by atoms with Gasteiger partial charge in [0.1, 0.15) is 11.6 Å². The Bertz CT molecular complexity index is 978. The third-order valence-electron chi connectivity index (χ3n) is 4.90. The van der Waals surface area contributed by atoms with Crippen LogP contribution >= 0.6 is 0 Å². The number of carbonyl (C=O) groups is 1. The lowest BCUT2D eigenvalue weighted by Gasteiger charge is -2.16. The van der Waals surface area contributed by atoms with Gasteiger partial charge < -0.3 is 9.47 Å². The van der Waals surface area contributed by atoms with Crippen molar-refractivity contribution in [3.63, 3.8) is 0 Å². The highest BCUT2D eigenvalue weighted by atomic mass is 19.1. The second-order valence-electron chi connectivity index (χ2n) is 6.62. The molecule has 0 N–H and O–H groups in total. The van der Waals surface area contributed by atoms with Crippen LogP contribution in [0.15, 0.2) is 61.2 Å². The number of hydrogen-bond acceptors (Lipinski definition) is 2. The molecule has 0 saturated carbocycles. The molecular weight excluding hydrogens is 329 g/mol. The average molecular weight is 349 g/mol. The van der Waals surface area contributed by atoms with Crippen molar-refractivity contribution in [2.75, 3.05) is 13.1 Å². The van der Waals surface area contributed by atoms with E-state index >= 15 is 0 Å². The summed E-state index contributed by atoms with van der Waals surface area (Å²) in [5.41, 5.74) is 2.44. The number of benzene rings is 2. The van der Waals surface area contributed by atoms with Gasteiger partial charge in [-0.3, -0.25) is 4.79 Å². The predicted molar refractivity (Wildman–Crippen MR) is 99.4 cm³/mol. The summed E-state index contributed by atoms with van der Waals surface area (Å²) in [7, 11) is 0. The standard InChI is InChI=1S/C21H20FN3O/c1-2-11-24-13-16(12-20(24)26)21-23-18-9-5-6-10-19(18)25(21)14-15-7-3-4-8-17(15)22/h2-10,16H,1,11-14H2. The second-order valence-corrected chi connectivity index (χ2v) is 6.62. The number of halogens is 1. The van der Waals surface area contributed by atoms with E-state index in [1.807, 2.05) is 34.9 Å². The van der Waals surface area contributed by atoms with Crippen molar-refractivity contribution < 1.29 is 9.18 Å². The Morgan fingerprint density at radius 3 is 2.77 bits per heavy atom. The van der Waals surface area contributed by atoms with E-state index < -0.39 is 0 Å². The zero-order valence-corrected chi connectivity index (χ0v) is 14.4. The number of fused-ring (bicyclic) bond motifs is 1. The molecule has 4 rings (SSSR count). The van der Waals surface area contributed by atoms with E-state index in [1.165, 1.54) is 6.07 Å². The molecule has 1 aromatic heterocycles. The van der Waals surface area contributed by atoms with Gasteiger partial charge in [-0.15, -0.1) is 6.58 Å². The predicted octanol–water partition coefficient (Wildman–Crippen LogP) is 3.73. The Balaban J connectivity index is 1.76. The van der Waals surface area contributed by atoms with E-state index in [9.17, 15) is 9.18 Å². The second kappa shape index (κ2) is 6.75. The summed E-state index contributed by atoms with van der Waals surface area (Å²) in [6.07, 6.45) is 2.16. The van der Waals surface area contributed by atoms with Gasteiger partial charge in [0, 0.05) is 31.0 Å². The fraction of sp³-hybridized carbons (Fsp3) is 0.238. The van der Waals surface area contributed by atoms with Gasteiger partial charge in [-0.1, -0.05) is 36.4 Å². The topological polar surface area (TPSA) is 38.1 Å². The minimum Gasteiger partial charge on any atom is -0.338 e. The minimum atomic E-state index is -0.230. The van der Waals surface area contributed by atoms with Crippen molar-refractivity contribution >= 4 is 16.9 Å². The number of rotatable bonds is 5. The van der Waals surface area contributed by atoms with Crippen molar-refractivity contribution in [3.8, 4) is 0 Å². The zero-order valence-electron chi connectivity index (χ0n) is 14.4. The molecule has 5 heteroatoms. The Morgan fingerprint density at radius 1 is 1.19 bits per heavy atom. The number of para-hydroxylation sites is 2. The number of hydrogen-bond donors (Lipinski definition) is 0. The van der Waals surface area contributed by atoms with Gasteiger partial charge in [0.25, 0.3) is 0 Å². The molecule has 1 aliphatic rings. The van der Waals surface area contributed by atoms with Gasteiger partial charge >= 0.3 is 0 Å². The fourth-order valence-corrected chi connectivity index (χ4v) is 3.65. The molecule has 0 bridgehead atoms. The maximum Gasteiger partial charge on any atom is 0.223 e. The summed E-state index contributed by atoms with van der Waals surface area (Å²) >= 11 is 0. The number of likely N-dealkylation sites (tertiary alicyclic amines) is 1. The van der Waals surface area contributed by atoms with E-state index in [-0.39, 0.29) is 17.6 Å². The van der Waals surface area contributed by atoms with Crippen LogP contribution < -0.4 is 0 Å². The highest BCUT2D eigenvalue weighted by molar-refractivity contribution is 5.81. The maximum absolute atomic E-state index is 14.2. The molecule has 1 atom stereocenters. The van der Waals surface area contributed by atoms with Crippen molar-refractivity contribution in [3.05, 3.63) is 78.4 Å². The summed E-state index contributed by atoms with van der Waals surface area (Å²) in [4.78, 5) is 18.8. The average Bonchev–Trinajstić information content (AvgIpc) is 3.18. The molecule has 2 heterocycles. The zero-order chi connectivity index (χ0) is 18.1. The van der Waals surface area contributed by atoms with E-state index in [0.717, 1.165) is 16.9 Å². The smallest absolute Gasteiger partial charge is 0.223 e. The van der Waals surface area contributed by atoms with Crippen LogP contribution in [0.4, 0.5) is 4.39 Å². The van der Waals surface area contributed by atoms with E-state index in [4.69, 9.17) is 4.98 Å². The molecule has 4 nitrogen and oxygen atoms in total. The van der Waals surface area contributed by atoms with Crippen molar-refractivity contribution in [1.82, 2.24) is 14.5 Å². The molecule has 132 valence electrons. The van der Waals surface area contributed by atoms with Crippen LogP contribution in [-0.4, -0.2) is 33.4 Å². The summed E-state index contributed by atoms with van der Waals surface area (Å²) in [6, 6.07) is 14.6. The molecule has 1 saturated heterocycles. The van der Waals surface area contributed by atoms with Gasteiger partial charge in [0.2, 0.25) is 5.91 Å². The van der Waals surface area contributed by atoms with Gasteiger partial charge in [-0.2, -0.15) is 0 Å². The maximum atomic E-state index is 14.2. The first-order valence-electron chi connectivity index (χ1n) is 8.74. The fourth-order valence-electron chi connectivity index (χ4n) is 3.65. The summed E-state index contributed by atoms with van der Waals surface area (Å²) in [6.45, 7) is 5.28. The van der Waals surface area contributed by atoms with Crippen molar-refractivity contribution in [2.45, 2.75) is 18.9 Å². The molecule has 0 aliphatic carbocycles. The number of carbonyl (C=O) groups excluding carboxylic acids is 1. The first kappa shape index (κ1) is 16.5. The van der Waals surface area contributed by atoms with E-state index in [2.05, 4.69) is 6.58 Å². The molecular formula is C21H20FN3O. The molecule has 26 heavy (non-hydrogen) atoms. The summed E-state index contributed by atoms with van der Waals surface area (Å²) in [5, 5.41) is 0. The van der Waals surface area contributed by atoms with Crippen LogP contribution in [0.5, 0.6) is 0 Å². The van der Waals surface area contributed by atoms with Crippen molar-refractivity contribution in [2.24, 2.45) is 0 Å². The Kier molecular flexibility index (Phi) is 4.29. The molecule has 1 amide bonds. The lowest BCUT2D eigenvalue weighted by atomic mass is 10.1. The molecule has 2 aromatic carbocycles. The van der Waals surface area contributed by atoms with Crippen LogP contribution in [0.25, 0.3) is 11.0 Å². The van der Waals surface area contributed by atoms with Crippen LogP contribution in [-0.2, 0) is 11.3 Å². The SMILES string of the molecule is C=CCN1CC(c2nc3ccccc3n2Cc2ccccc2F)CC1=O. The molecule has 1 aliphatic heterocycles. The normalized spacial score (nSPS) is 17.2. The third kappa shape index (κ3) is 2.90. The minimum absolute atomic E-state index is 0.00150. The number of aromatic nitrogens is 2. The first-order chi connectivity index (χ1) is 12.7. The van der Waals surface area contributed by atoms with E-state index in [0.29, 0.717) is 31.6 Å². The van der Waals surface area contributed by atoms with Crippen LogP contribution in [0.3, 0.4) is 0 Å². The van der Waals surface area contributed by atoms with Gasteiger partial charge in [-0.25, -0.2) is 9.37 Å². The van der Waals surface area contributed by atoms with Crippen LogP contribution in [0.1, 0.15) is 23.7 Å². The Hall–Kier alpha value is -2.95. The first-order valence-corrected chi connectivity index (χ1v) is 8.74. The number of imidazole rings is 1. The number of nitrogens with zero attached hydrogens (tertiary/aromatic N) is 3. The monoisotopic (exact) mass is 349 g/mol. The summed E-state index contributed by atoms with van der Waals surface area (Å²) in [5.74, 6) is 0.724. The number of amides is 1. The lowest BCUT2D eigenvalue weighted by molar-refractivity contribution is -0.127. The highest BCUT2D eigenvalue weighted by Crippen LogP contribution is 2.31. The third-order valence-corrected chi connectivity index (χ3v) is 4.90. The largest absolute Gasteiger partial charge is 0.338 e. The Labute approximate surface area is 151 Å². The van der Waals surface area contributed by atoms with Gasteiger partial charge in [0.05, 0.1) is 17.6 Å². The van der Waals surface area contributed by atoms with Gasteiger partial charge in [-0.05, 0) is 18.2 Å². The molecule has 3 aromatic rings. The highest BCUT2D eigenvalue weighted by Gasteiger charge is 2.33. The Morgan fingerprint density at radius 2 is 1.96 bits per heavy atom. The quantitative estimate of drug-likeness (QED) is 0.659. The lowest BCUT2D eigenvalue weighted by Crippen LogP contribution is -2.25. The van der Waals surface area contributed by atoms with Crippen LogP contribution in [0, 0.1) is 5.82 Å². The molecule has 0 spiro atoms. The van der Waals surface area contributed by atoms with Gasteiger partial charge in [0.15, 0.2) is 0 Å². The molecule has 1 fully saturated rings. The molecule has 0 radical (unpaired) electrons. The molecule has 1 unspecified atom stereocenters.